The van der Waals surface area contributed by atoms with Crippen LogP contribution in [0.15, 0.2) is 132 Å². The minimum Gasteiger partial charge on any atom is -0.455 e. The Morgan fingerprint density at radius 1 is 0.475 bits per heavy atom. The Bertz CT molecular complexity index is 2450. The summed E-state index contributed by atoms with van der Waals surface area (Å²) in [7, 11) is 0. The second-order valence-corrected chi connectivity index (χ2v) is 10.3. The van der Waals surface area contributed by atoms with Crippen molar-refractivity contribution in [1.29, 1.82) is 0 Å². The summed E-state index contributed by atoms with van der Waals surface area (Å²) in [6.07, 6.45) is 0. The molecule has 0 fully saturated rings. The molecule has 4 nitrogen and oxygen atoms in total. The third-order valence-corrected chi connectivity index (χ3v) is 8.08. The summed E-state index contributed by atoms with van der Waals surface area (Å²) in [6, 6.07) is 44.4. The third-order valence-electron chi connectivity index (χ3n) is 8.08. The average Bonchev–Trinajstić information content (AvgIpc) is 3.55. The number of para-hydroxylation sites is 3. The summed E-state index contributed by atoms with van der Waals surface area (Å²) < 4.78 is 8.63. The van der Waals surface area contributed by atoms with Gasteiger partial charge in [0.15, 0.2) is 5.82 Å². The highest BCUT2D eigenvalue weighted by Crippen LogP contribution is 2.40. The van der Waals surface area contributed by atoms with Crippen LogP contribution in [0.25, 0.3) is 82.4 Å². The molecule has 6 aromatic carbocycles. The van der Waals surface area contributed by atoms with Crippen molar-refractivity contribution >= 4 is 65.3 Å². The number of hydrogen-bond acceptors (Lipinski definition) is 3. The average molecular weight is 512 g/mol. The lowest BCUT2D eigenvalue weighted by Gasteiger charge is -2.13. The SMILES string of the molecule is c1ccc2cc3c(cc2c1)c1ccccc1n3-c1nnc(-c2cccc3c2oc2ccccc23)c2ccccc12. The van der Waals surface area contributed by atoms with Crippen LogP contribution in [0.3, 0.4) is 0 Å². The van der Waals surface area contributed by atoms with Crippen molar-refractivity contribution in [2.75, 3.05) is 0 Å². The summed E-state index contributed by atoms with van der Waals surface area (Å²) in [5.41, 5.74) is 5.69. The first-order chi connectivity index (χ1) is 19.8. The maximum Gasteiger partial charge on any atom is 0.168 e. The third kappa shape index (κ3) is 2.90. The topological polar surface area (TPSA) is 43.9 Å². The van der Waals surface area contributed by atoms with E-state index >= 15 is 0 Å². The van der Waals surface area contributed by atoms with Crippen LogP contribution in [-0.4, -0.2) is 14.8 Å². The molecule has 0 atom stereocenters. The molecular formula is C36H21N3O. The van der Waals surface area contributed by atoms with Crippen LogP contribution in [0.2, 0.25) is 0 Å². The lowest BCUT2D eigenvalue weighted by atomic mass is 10.0. The van der Waals surface area contributed by atoms with E-state index in [0.717, 1.165) is 60.8 Å². The molecule has 40 heavy (non-hydrogen) atoms. The van der Waals surface area contributed by atoms with E-state index in [1.54, 1.807) is 0 Å². The van der Waals surface area contributed by atoms with E-state index in [-0.39, 0.29) is 0 Å². The van der Waals surface area contributed by atoms with Gasteiger partial charge in [0.05, 0.1) is 11.0 Å². The molecule has 0 aliphatic heterocycles. The zero-order valence-electron chi connectivity index (χ0n) is 21.4. The summed E-state index contributed by atoms with van der Waals surface area (Å²) in [5.74, 6) is 0.817. The molecule has 9 rings (SSSR count). The minimum atomic E-state index is 0.815. The molecular weight excluding hydrogens is 490 g/mol. The molecule has 0 amide bonds. The minimum absolute atomic E-state index is 0.815. The van der Waals surface area contributed by atoms with Crippen LogP contribution < -0.4 is 0 Å². The molecule has 0 bridgehead atoms. The van der Waals surface area contributed by atoms with E-state index < -0.39 is 0 Å². The van der Waals surface area contributed by atoms with Gasteiger partial charge in [-0.15, -0.1) is 10.2 Å². The van der Waals surface area contributed by atoms with Gasteiger partial charge in [0.1, 0.15) is 16.9 Å². The van der Waals surface area contributed by atoms with Crippen molar-refractivity contribution < 1.29 is 4.42 Å². The maximum atomic E-state index is 6.37. The highest BCUT2D eigenvalue weighted by Gasteiger charge is 2.20. The standard InChI is InChI=1S/C36H21N3O/c1-2-11-23-21-32-30(20-22(23)10-1)24-12-5-7-18-31(24)39(32)36-28-15-4-3-14-26(28)34(37-38-36)29-17-9-16-27-25-13-6-8-19-33(25)40-35(27)29/h1-21H. The summed E-state index contributed by atoms with van der Waals surface area (Å²) in [4.78, 5) is 0. The van der Waals surface area contributed by atoms with E-state index in [1.165, 1.54) is 21.5 Å². The fourth-order valence-corrected chi connectivity index (χ4v) is 6.27. The Kier molecular flexibility index (Phi) is 4.30. The second-order valence-electron chi connectivity index (χ2n) is 10.3. The van der Waals surface area contributed by atoms with Crippen molar-refractivity contribution in [3.05, 3.63) is 127 Å². The molecule has 3 aromatic heterocycles. The first kappa shape index (κ1) is 21.5. The van der Waals surface area contributed by atoms with Crippen LogP contribution in [0.1, 0.15) is 0 Å². The molecule has 0 aliphatic rings. The zero-order valence-corrected chi connectivity index (χ0v) is 21.4. The molecule has 0 radical (unpaired) electrons. The van der Waals surface area contributed by atoms with Crippen molar-refractivity contribution in [1.82, 2.24) is 14.8 Å². The van der Waals surface area contributed by atoms with Crippen molar-refractivity contribution in [3.8, 4) is 17.1 Å². The van der Waals surface area contributed by atoms with Crippen LogP contribution in [-0.2, 0) is 0 Å². The van der Waals surface area contributed by atoms with Gasteiger partial charge in [-0.25, -0.2) is 0 Å². The molecule has 0 aliphatic carbocycles. The van der Waals surface area contributed by atoms with Crippen LogP contribution in [0, 0.1) is 0 Å². The number of rotatable bonds is 2. The van der Waals surface area contributed by atoms with Crippen LogP contribution in [0.5, 0.6) is 0 Å². The Morgan fingerprint density at radius 2 is 1.15 bits per heavy atom. The van der Waals surface area contributed by atoms with Gasteiger partial charge < -0.3 is 4.42 Å². The van der Waals surface area contributed by atoms with E-state index in [0.29, 0.717) is 0 Å². The molecule has 4 heteroatoms. The first-order valence-corrected chi connectivity index (χ1v) is 13.4. The largest absolute Gasteiger partial charge is 0.455 e. The molecule has 186 valence electrons. The Hall–Kier alpha value is -5.48. The van der Waals surface area contributed by atoms with Crippen LogP contribution >= 0.6 is 0 Å². The zero-order chi connectivity index (χ0) is 26.2. The van der Waals surface area contributed by atoms with Gasteiger partial charge >= 0.3 is 0 Å². The van der Waals surface area contributed by atoms with E-state index in [1.807, 2.05) is 18.2 Å². The van der Waals surface area contributed by atoms with Gasteiger partial charge in [0.25, 0.3) is 0 Å². The molecule has 0 unspecified atom stereocenters. The molecule has 0 saturated carbocycles. The molecule has 9 aromatic rings. The van der Waals surface area contributed by atoms with Gasteiger partial charge in [-0.2, -0.15) is 0 Å². The van der Waals surface area contributed by atoms with Gasteiger partial charge in [0, 0.05) is 37.9 Å². The fourth-order valence-electron chi connectivity index (χ4n) is 6.27. The first-order valence-electron chi connectivity index (χ1n) is 13.4. The highest BCUT2D eigenvalue weighted by atomic mass is 16.3. The number of nitrogens with zero attached hydrogens (tertiary/aromatic N) is 3. The smallest absolute Gasteiger partial charge is 0.168 e. The highest BCUT2D eigenvalue weighted by molar-refractivity contribution is 6.15. The van der Waals surface area contributed by atoms with Crippen molar-refractivity contribution in [3.63, 3.8) is 0 Å². The predicted molar refractivity (Wildman–Crippen MR) is 164 cm³/mol. The van der Waals surface area contributed by atoms with E-state index in [9.17, 15) is 0 Å². The van der Waals surface area contributed by atoms with Crippen molar-refractivity contribution in [2.24, 2.45) is 0 Å². The number of aromatic nitrogens is 3. The molecule has 3 heterocycles. The van der Waals surface area contributed by atoms with Gasteiger partial charge in [0.2, 0.25) is 0 Å². The van der Waals surface area contributed by atoms with Gasteiger partial charge in [-0.1, -0.05) is 97.1 Å². The lowest BCUT2D eigenvalue weighted by Crippen LogP contribution is -2.02. The lowest BCUT2D eigenvalue weighted by molar-refractivity contribution is 0.669. The van der Waals surface area contributed by atoms with Gasteiger partial charge in [-0.3, -0.25) is 4.57 Å². The van der Waals surface area contributed by atoms with Gasteiger partial charge in [-0.05, 0) is 41.1 Å². The second kappa shape index (κ2) is 8.01. The van der Waals surface area contributed by atoms with Crippen LogP contribution in [0.4, 0.5) is 0 Å². The quantitative estimate of drug-likeness (QED) is 0.232. The monoisotopic (exact) mass is 511 g/mol. The Morgan fingerprint density at radius 3 is 2.02 bits per heavy atom. The molecule has 0 spiro atoms. The Balaban J connectivity index is 1.37. The number of hydrogen-bond donors (Lipinski definition) is 0. The normalized spacial score (nSPS) is 12.0. The van der Waals surface area contributed by atoms with E-state index in [2.05, 4.69) is 114 Å². The summed E-state index contributed by atoms with van der Waals surface area (Å²) in [5, 5.41) is 18.9. The summed E-state index contributed by atoms with van der Waals surface area (Å²) in [6.45, 7) is 0. The fraction of sp³-hybridized carbons (Fsp3) is 0. The number of furan rings is 1. The predicted octanol–water partition coefficient (Wildman–Crippen LogP) is 9.45. The summed E-state index contributed by atoms with van der Waals surface area (Å²) >= 11 is 0. The molecule has 0 N–H and O–H groups in total. The number of fused-ring (bicyclic) bond motifs is 8. The van der Waals surface area contributed by atoms with Crippen molar-refractivity contribution in [2.45, 2.75) is 0 Å². The van der Waals surface area contributed by atoms with E-state index in [4.69, 9.17) is 14.6 Å². The molecule has 0 saturated heterocycles. The Labute approximate surface area is 228 Å². The number of benzene rings is 6. The maximum absolute atomic E-state index is 6.37.